The first kappa shape index (κ1) is 15.9. The van der Waals surface area contributed by atoms with Gasteiger partial charge in [0.2, 0.25) is 0 Å². The van der Waals surface area contributed by atoms with Gasteiger partial charge in [0.1, 0.15) is 6.29 Å². The van der Waals surface area contributed by atoms with Crippen molar-refractivity contribution in [3.63, 3.8) is 0 Å². The Kier molecular flexibility index (Phi) is 5.91. The van der Waals surface area contributed by atoms with E-state index >= 15 is 0 Å². The molecule has 1 atom stereocenters. The minimum Gasteiger partial charge on any atom is -0.378 e. The topological polar surface area (TPSA) is 37.4 Å². The van der Waals surface area contributed by atoms with E-state index in [1.807, 2.05) is 63.2 Å². The maximum atomic E-state index is 12.3. The maximum Gasteiger partial charge on any atom is 0.169 e. The van der Waals surface area contributed by atoms with Gasteiger partial charge in [-0.1, -0.05) is 24.6 Å². The molecule has 0 aliphatic rings. The molecule has 0 spiro atoms. The summed E-state index contributed by atoms with van der Waals surface area (Å²) >= 11 is 0. The Labute approximate surface area is 120 Å². The van der Waals surface area contributed by atoms with Crippen LogP contribution in [0, 0.1) is 5.92 Å². The van der Waals surface area contributed by atoms with E-state index in [-0.39, 0.29) is 11.7 Å². The Morgan fingerprint density at radius 1 is 1.20 bits per heavy atom. The number of Topliss-reactive ketones (excluding diaryl/α,β-unsaturated/α-hetero) is 1. The summed E-state index contributed by atoms with van der Waals surface area (Å²) in [5.74, 6) is -0.134. The van der Waals surface area contributed by atoms with Crippen molar-refractivity contribution in [1.82, 2.24) is 0 Å². The second-order valence-electron chi connectivity index (χ2n) is 5.00. The average Bonchev–Trinajstić information content (AvgIpc) is 2.44. The van der Waals surface area contributed by atoms with Crippen molar-refractivity contribution in [3.05, 3.63) is 53.6 Å². The molecule has 1 aromatic rings. The van der Waals surface area contributed by atoms with Crippen LogP contribution in [0.3, 0.4) is 0 Å². The van der Waals surface area contributed by atoms with Crippen LogP contribution in [0.4, 0.5) is 5.69 Å². The van der Waals surface area contributed by atoms with Gasteiger partial charge in [0, 0.05) is 31.3 Å². The highest BCUT2D eigenvalue weighted by Gasteiger charge is 2.12. The highest BCUT2D eigenvalue weighted by Crippen LogP contribution is 2.16. The molecular formula is C17H21NO2. The number of carbonyl (C=O) groups is 2. The third-order valence-corrected chi connectivity index (χ3v) is 3.03. The lowest BCUT2D eigenvalue weighted by molar-refractivity contribution is -0.104. The summed E-state index contributed by atoms with van der Waals surface area (Å²) in [5.41, 5.74) is 2.67. The van der Waals surface area contributed by atoms with Crippen LogP contribution in [0.5, 0.6) is 0 Å². The minimum atomic E-state index is -0.212. The number of rotatable bonds is 6. The molecule has 0 N–H and O–H groups in total. The van der Waals surface area contributed by atoms with Gasteiger partial charge in [0.15, 0.2) is 5.78 Å². The van der Waals surface area contributed by atoms with Crippen molar-refractivity contribution in [2.45, 2.75) is 13.8 Å². The van der Waals surface area contributed by atoms with E-state index < -0.39 is 0 Å². The summed E-state index contributed by atoms with van der Waals surface area (Å²) < 4.78 is 0. The van der Waals surface area contributed by atoms with Gasteiger partial charge in [-0.3, -0.25) is 9.59 Å². The predicted molar refractivity (Wildman–Crippen MR) is 83.2 cm³/mol. The van der Waals surface area contributed by atoms with Gasteiger partial charge in [0.05, 0.1) is 0 Å². The fourth-order valence-electron chi connectivity index (χ4n) is 1.90. The number of hydrogen-bond donors (Lipinski definition) is 0. The molecule has 106 valence electrons. The summed E-state index contributed by atoms with van der Waals surface area (Å²) in [4.78, 5) is 24.5. The van der Waals surface area contributed by atoms with Crippen molar-refractivity contribution >= 4 is 17.8 Å². The third kappa shape index (κ3) is 4.50. The molecule has 0 heterocycles. The lowest BCUT2D eigenvalue weighted by Gasteiger charge is -2.13. The molecule has 0 saturated heterocycles. The van der Waals surface area contributed by atoms with Crippen LogP contribution >= 0.6 is 0 Å². The minimum absolute atomic E-state index is 0.0779. The van der Waals surface area contributed by atoms with Gasteiger partial charge in [-0.25, -0.2) is 0 Å². The molecule has 0 fully saturated rings. The molecule has 0 aliphatic heterocycles. The van der Waals surface area contributed by atoms with E-state index in [0.717, 1.165) is 17.5 Å². The van der Waals surface area contributed by atoms with Crippen molar-refractivity contribution in [2.75, 3.05) is 19.0 Å². The second-order valence-corrected chi connectivity index (χ2v) is 5.00. The average molecular weight is 271 g/mol. The second kappa shape index (κ2) is 7.43. The zero-order valence-corrected chi connectivity index (χ0v) is 12.5. The van der Waals surface area contributed by atoms with E-state index in [4.69, 9.17) is 0 Å². The van der Waals surface area contributed by atoms with E-state index in [1.165, 1.54) is 6.08 Å². The first-order chi connectivity index (χ1) is 9.45. The molecule has 3 nitrogen and oxygen atoms in total. The molecule has 0 bridgehead atoms. The van der Waals surface area contributed by atoms with Crippen LogP contribution in [0.1, 0.15) is 24.2 Å². The van der Waals surface area contributed by atoms with Gasteiger partial charge < -0.3 is 4.90 Å². The molecule has 0 radical (unpaired) electrons. The molecule has 1 aromatic carbocycles. The number of benzene rings is 1. The van der Waals surface area contributed by atoms with Gasteiger partial charge >= 0.3 is 0 Å². The third-order valence-electron chi connectivity index (χ3n) is 3.03. The lowest BCUT2D eigenvalue weighted by atomic mass is 9.97. The standard InChI is InChI=1S/C17H21NO2/c1-13(6-5-11-19)12-14(2)17(20)15-7-9-16(10-8-15)18(3)4/h5-12,14H,1-4H3/b6-5+,13-12+/t14-/m1/s1. The number of nitrogens with zero attached hydrogens (tertiary/aromatic N) is 1. The molecule has 0 unspecified atom stereocenters. The van der Waals surface area contributed by atoms with Gasteiger partial charge in [-0.05, 0) is 37.3 Å². The van der Waals surface area contributed by atoms with Gasteiger partial charge in [-0.15, -0.1) is 0 Å². The molecule has 1 rings (SSSR count). The van der Waals surface area contributed by atoms with Crippen LogP contribution in [-0.2, 0) is 4.79 Å². The van der Waals surface area contributed by atoms with E-state index in [2.05, 4.69) is 0 Å². The van der Waals surface area contributed by atoms with Crippen LogP contribution in [0.2, 0.25) is 0 Å². The van der Waals surface area contributed by atoms with E-state index in [1.54, 1.807) is 6.08 Å². The van der Waals surface area contributed by atoms with Crippen molar-refractivity contribution in [1.29, 1.82) is 0 Å². The molecule has 0 saturated carbocycles. The molecule has 3 heteroatoms. The fourth-order valence-corrected chi connectivity index (χ4v) is 1.90. The van der Waals surface area contributed by atoms with Crippen LogP contribution < -0.4 is 4.90 Å². The smallest absolute Gasteiger partial charge is 0.169 e. The summed E-state index contributed by atoms with van der Waals surface area (Å²) in [5, 5.41) is 0. The van der Waals surface area contributed by atoms with Gasteiger partial charge in [-0.2, -0.15) is 0 Å². The lowest BCUT2D eigenvalue weighted by Crippen LogP contribution is -2.11. The summed E-state index contributed by atoms with van der Waals surface area (Å²) in [6, 6.07) is 7.56. The first-order valence-corrected chi connectivity index (χ1v) is 6.57. The number of ketones is 1. The van der Waals surface area contributed by atoms with Crippen molar-refractivity contribution in [3.8, 4) is 0 Å². The SMILES string of the molecule is CC(/C=C/C=O)=C\[C@@H](C)C(=O)c1ccc(N(C)C)cc1. The predicted octanol–water partition coefficient (Wildman–Crippen LogP) is 3.27. The Hall–Kier alpha value is -2.16. The molecule has 0 amide bonds. The number of hydrogen-bond acceptors (Lipinski definition) is 3. The highest BCUT2D eigenvalue weighted by atomic mass is 16.1. The Morgan fingerprint density at radius 3 is 2.30 bits per heavy atom. The maximum absolute atomic E-state index is 12.3. The van der Waals surface area contributed by atoms with Crippen LogP contribution in [0.25, 0.3) is 0 Å². The molecule has 0 aromatic heterocycles. The fraction of sp³-hybridized carbons (Fsp3) is 0.294. The van der Waals surface area contributed by atoms with Gasteiger partial charge in [0.25, 0.3) is 0 Å². The monoisotopic (exact) mass is 271 g/mol. The molecule has 0 aliphatic carbocycles. The van der Waals surface area contributed by atoms with Crippen LogP contribution in [0.15, 0.2) is 48.1 Å². The van der Waals surface area contributed by atoms with Crippen molar-refractivity contribution in [2.24, 2.45) is 5.92 Å². The highest BCUT2D eigenvalue weighted by molar-refractivity contribution is 5.99. The van der Waals surface area contributed by atoms with Crippen molar-refractivity contribution < 1.29 is 9.59 Å². The summed E-state index contributed by atoms with van der Waals surface area (Å²) in [6.07, 6.45) is 5.72. The zero-order chi connectivity index (χ0) is 15.1. The first-order valence-electron chi connectivity index (χ1n) is 6.57. The zero-order valence-electron chi connectivity index (χ0n) is 12.5. The molecule has 20 heavy (non-hydrogen) atoms. The van der Waals surface area contributed by atoms with Crippen LogP contribution in [-0.4, -0.2) is 26.2 Å². The number of aldehydes is 1. The Morgan fingerprint density at radius 2 is 1.80 bits per heavy atom. The largest absolute Gasteiger partial charge is 0.378 e. The number of anilines is 1. The van der Waals surface area contributed by atoms with E-state index in [9.17, 15) is 9.59 Å². The number of allylic oxidation sites excluding steroid dienone is 4. The molecular weight excluding hydrogens is 250 g/mol. The summed E-state index contributed by atoms with van der Waals surface area (Å²) in [7, 11) is 3.93. The Bertz CT molecular complexity index is 524. The Balaban J connectivity index is 2.83. The quantitative estimate of drug-likeness (QED) is 0.345. The normalized spacial score (nSPS) is 13.3. The summed E-state index contributed by atoms with van der Waals surface area (Å²) in [6.45, 7) is 3.74. The van der Waals surface area contributed by atoms with E-state index in [0.29, 0.717) is 5.56 Å². The number of carbonyl (C=O) groups excluding carboxylic acids is 2.